The molecule has 1 aromatic rings. The van der Waals surface area contributed by atoms with E-state index in [1.54, 1.807) is 0 Å². The van der Waals surface area contributed by atoms with Crippen LogP contribution in [-0.4, -0.2) is 18.1 Å². The van der Waals surface area contributed by atoms with E-state index in [0.29, 0.717) is 6.04 Å². The summed E-state index contributed by atoms with van der Waals surface area (Å²) in [5.41, 5.74) is 7.36. The Morgan fingerprint density at radius 1 is 1.06 bits per heavy atom. The zero-order chi connectivity index (χ0) is 9.10. The fraction of sp³-hybridized carbons (Fsp3) is 0.455. The topological polar surface area (TPSA) is 69.5 Å². The largest absolute Gasteiger partial charge is 0.412 e. The van der Waals surface area contributed by atoms with E-state index in [2.05, 4.69) is 29.6 Å². The molecule has 0 spiro atoms. The number of hydrogen-bond acceptors (Lipinski definition) is 2. The Morgan fingerprint density at radius 2 is 1.65 bits per heavy atom. The normalized spacial score (nSPS) is 21.9. The molecule has 1 saturated heterocycles. The Balaban J connectivity index is -0.000000490. The van der Waals surface area contributed by atoms with Crippen molar-refractivity contribution in [3.8, 4) is 0 Å². The summed E-state index contributed by atoms with van der Waals surface area (Å²) in [6.07, 6.45) is 2.33. The first-order chi connectivity index (χ1) is 6.38. The predicted molar refractivity (Wildman–Crippen MR) is 79.8 cm³/mol. The standard InChI is InChI=1S/C11H16N2.3ClH.H2O/c12-10-7-4-8-13-11(10)9-5-2-1-3-6-9;;;;/h1-3,5-6,10-11,13H,4,7-8,12H2;3*1H;1H2. The zero-order valence-electron chi connectivity index (χ0n) is 9.46. The van der Waals surface area contributed by atoms with Crippen molar-refractivity contribution in [2.24, 2.45) is 5.73 Å². The maximum absolute atomic E-state index is 6.05. The van der Waals surface area contributed by atoms with Crippen LogP contribution in [0.15, 0.2) is 30.3 Å². The molecule has 1 fully saturated rings. The highest BCUT2D eigenvalue weighted by atomic mass is 35.5. The van der Waals surface area contributed by atoms with Gasteiger partial charge in [0.05, 0.1) is 0 Å². The van der Waals surface area contributed by atoms with Crippen LogP contribution in [0, 0.1) is 0 Å². The van der Waals surface area contributed by atoms with E-state index in [-0.39, 0.29) is 48.7 Å². The van der Waals surface area contributed by atoms with Gasteiger partial charge in [-0.05, 0) is 24.9 Å². The second kappa shape index (κ2) is 11.1. The number of rotatable bonds is 1. The van der Waals surface area contributed by atoms with Gasteiger partial charge in [0, 0.05) is 12.1 Å². The van der Waals surface area contributed by atoms with Gasteiger partial charge in [0.15, 0.2) is 0 Å². The van der Waals surface area contributed by atoms with Gasteiger partial charge in [-0.15, -0.1) is 37.2 Å². The van der Waals surface area contributed by atoms with Crippen molar-refractivity contribution in [1.29, 1.82) is 0 Å². The average Bonchev–Trinajstić information content (AvgIpc) is 2.20. The van der Waals surface area contributed by atoms with Crippen molar-refractivity contribution in [3.63, 3.8) is 0 Å². The minimum Gasteiger partial charge on any atom is -0.412 e. The summed E-state index contributed by atoms with van der Waals surface area (Å²) < 4.78 is 0. The van der Waals surface area contributed by atoms with Crippen molar-refractivity contribution >= 4 is 37.2 Å². The van der Waals surface area contributed by atoms with Crippen molar-refractivity contribution in [1.82, 2.24) is 5.32 Å². The monoisotopic (exact) mass is 302 g/mol. The first-order valence-corrected chi connectivity index (χ1v) is 4.92. The molecule has 0 amide bonds. The number of halogens is 3. The molecule has 0 saturated carbocycles. The quantitative estimate of drug-likeness (QED) is 0.831. The van der Waals surface area contributed by atoms with Crippen LogP contribution < -0.4 is 11.1 Å². The van der Waals surface area contributed by atoms with Gasteiger partial charge in [0.25, 0.3) is 0 Å². The SMILES string of the molecule is Cl.Cl.Cl.NC1CCCNC1c1ccccc1.O. The van der Waals surface area contributed by atoms with E-state index < -0.39 is 0 Å². The van der Waals surface area contributed by atoms with Crippen LogP contribution in [0.2, 0.25) is 0 Å². The number of nitrogens with two attached hydrogens (primary N) is 1. The lowest BCUT2D eigenvalue weighted by Gasteiger charge is -2.30. The molecular weight excluding hydrogens is 282 g/mol. The summed E-state index contributed by atoms with van der Waals surface area (Å²) in [5, 5.41) is 3.46. The average molecular weight is 304 g/mol. The van der Waals surface area contributed by atoms with Crippen molar-refractivity contribution in [2.75, 3.05) is 6.54 Å². The molecule has 2 atom stereocenters. The first kappa shape index (κ1) is 22.2. The molecule has 3 nitrogen and oxygen atoms in total. The Bertz CT molecular complexity index is 275. The molecule has 1 aliphatic heterocycles. The van der Waals surface area contributed by atoms with E-state index in [1.165, 1.54) is 12.0 Å². The third-order valence-electron chi connectivity index (χ3n) is 2.67. The summed E-state index contributed by atoms with van der Waals surface area (Å²) in [4.78, 5) is 0. The van der Waals surface area contributed by atoms with E-state index in [1.807, 2.05) is 6.07 Å². The molecule has 102 valence electrons. The maximum Gasteiger partial charge on any atom is 0.0473 e. The van der Waals surface area contributed by atoms with Crippen molar-refractivity contribution < 1.29 is 5.48 Å². The Labute approximate surface area is 121 Å². The van der Waals surface area contributed by atoms with Gasteiger partial charge >= 0.3 is 0 Å². The minimum absolute atomic E-state index is 0. The fourth-order valence-corrected chi connectivity index (χ4v) is 1.94. The molecular formula is C11H21Cl3N2O. The Hall–Kier alpha value is -0.0300. The third-order valence-corrected chi connectivity index (χ3v) is 2.67. The molecule has 5 N–H and O–H groups in total. The van der Waals surface area contributed by atoms with Crippen LogP contribution in [0.5, 0.6) is 0 Å². The van der Waals surface area contributed by atoms with Crippen molar-refractivity contribution in [3.05, 3.63) is 35.9 Å². The van der Waals surface area contributed by atoms with Gasteiger partial charge in [0.2, 0.25) is 0 Å². The Kier molecular flexibility index (Phi) is 14.5. The molecule has 6 heteroatoms. The van der Waals surface area contributed by atoms with Gasteiger partial charge in [-0.25, -0.2) is 0 Å². The molecule has 17 heavy (non-hydrogen) atoms. The van der Waals surface area contributed by atoms with Crippen LogP contribution in [0.25, 0.3) is 0 Å². The smallest absolute Gasteiger partial charge is 0.0473 e. The van der Waals surface area contributed by atoms with Crippen molar-refractivity contribution in [2.45, 2.75) is 24.9 Å². The lowest BCUT2D eigenvalue weighted by Crippen LogP contribution is -2.42. The van der Waals surface area contributed by atoms with E-state index in [4.69, 9.17) is 5.73 Å². The van der Waals surface area contributed by atoms with Crippen LogP contribution in [-0.2, 0) is 0 Å². The van der Waals surface area contributed by atoms with E-state index in [9.17, 15) is 0 Å². The fourth-order valence-electron chi connectivity index (χ4n) is 1.94. The zero-order valence-corrected chi connectivity index (χ0v) is 11.9. The number of nitrogens with one attached hydrogen (secondary N) is 1. The van der Waals surface area contributed by atoms with Gasteiger partial charge < -0.3 is 16.5 Å². The predicted octanol–water partition coefficient (Wildman–Crippen LogP) is 1.88. The summed E-state index contributed by atoms with van der Waals surface area (Å²) in [7, 11) is 0. The lowest BCUT2D eigenvalue weighted by atomic mass is 9.93. The summed E-state index contributed by atoms with van der Waals surface area (Å²) >= 11 is 0. The molecule has 2 rings (SSSR count). The molecule has 1 aromatic carbocycles. The highest BCUT2D eigenvalue weighted by molar-refractivity contribution is 5.86. The van der Waals surface area contributed by atoms with Crippen LogP contribution >= 0.6 is 37.2 Å². The molecule has 2 unspecified atom stereocenters. The highest BCUT2D eigenvalue weighted by Gasteiger charge is 2.21. The molecule has 1 aliphatic rings. The third kappa shape index (κ3) is 5.91. The molecule has 0 bridgehead atoms. The van der Waals surface area contributed by atoms with Gasteiger partial charge in [0.1, 0.15) is 0 Å². The second-order valence-corrected chi connectivity index (χ2v) is 3.65. The number of piperidine rings is 1. The number of benzene rings is 1. The van der Waals surface area contributed by atoms with Gasteiger partial charge in [-0.1, -0.05) is 30.3 Å². The summed E-state index contributed by atoms with van der Waals surface area (Å²) in [5.74, 6) is 0. The van der Waals surface area contributed by atoms with Crippen LogP contribution in [0.3, 0.4) is 0 Å². The molecule has 0 aliphatic carbocycles. The van der Waals surface area contributed by atoms with Gasteiger partial charge in [-0.2, -0.15) is 0 Å². The summed E-state index contributed by atoms with van der Waals surface area (Å²) in [6.45, 7) is 1.09. The second-order valence-electron chi connectivity index (χ2n) is 3.65. The van der Waals surface area contributed by atoms with Gasteiger partial charge in [-0.3, -0.25) is 0 Å². The lowest BCUT2D eigenvalue weighted by molar-refractivity contribution is 0.358. The first-order valence-electron chi connectivity index (χ1n) is 4.92. The van der Waals surface area contributed by atoms with Crippen LogP contribution in [0.4, 0.5) is 0 Å². The summed E-state index contributed by atoms with van der Waals surface area (Å²) in [6, 6.07) is 11.1. The maximum atomic E-state index is 6.05. The number of hydrogen-bond donors (Lipinski definition) is 2. The Morgan fingerprint density at radius 3 is 2.18 bits per heavy atom. The highest BCUT2D eigenvalue weighted by Crippen LogP contribution is 2.21. The molecule has 1 heterocycles. The van der Waals surface area contributed by atoms with Crippen LogP contribution in [0.1, 0.15) is 24.4 Å². The van der Waals surface area contributed by atoms with E-state index in [0.717, 1.165) is 13.0 Å². The van der Waals surface area contributed by atoms with E-state index >= 15 is 0 Å². The minimum atomic E-state index is 0. The molecule has 0 radical (unpaired) electrons. The molecule has 0 aromatic heterocycles.